The predicted octanol–water partition coefficient (Wildman–Crippen LogP) is 6.28. The molecule has 0 fully saturated rings. The number of fused-ring (bicyclic) bond motifs is 2. The van der Waals surface area contributed by atoms with Gasteiger partial charge in [0.1, 0.15) is 5.75 Å². The van der Waals surface area contributed by atoms with Gasteiger partial charge in [-0.25, -0.2) is 0 Å². The largest absolute Gasteiger partial charge is 0.493 e. The average molecular weight is 364 g/mol. The van der Waals surface area contributed by atoms with Crippen LogP contribution in [0.15, 0.2) is 54.6 Å². The van der Waals surface area contributed by atoms with Gasteiger partial charge in [0.05, 0.1) is 13.2 Å². The number of ether oxygens (including phenoxy) is 2. The van der Waals surface area contributed by atoms with Crippen molar-refractivity contribution in [3.63, 3.8) is 0 Å². The third-order valence-electron chi connectivity index (χ3n) is 4.75. The molecule has 0 saturated heterocycles. The van der Waals surface area contributed by atoms with Crippen molar-refractivity contribution in [2.24, 2.45) is 0 Å². The molecule has 27 heavy (non-hydrogen) atoms. The molecule has 0 amide bonds. The number of hydrogen-bond donors (Lipinski definition) is 0. The van der Waals surface area contributed by atoms with E-state index in [0.29, 0.717) is 19.6 Å². The Bertz CT molecular complexity index is 885. The van der Waals surface area contributed by atoms with Gasteiger partial charge in [-0.15, -0.1) is 0 Å². The van der Waals surface area contributed by atoms with Crippen LogP contribution in [0.3, 0.4) is 0 Å². The Balaban J connectivity index is 1.48. The number of carbonyl (C=O) groups excluding carboxylic acids is 1. The second-order valence-electron chi connectivity index (χ2n) is 6.91. The van der Waals surface area contributed by atoms with Crippen molar-refractivity contribution in [3.8, 4) is 5.75 Å². The zero-order chi connectivity index (χ0) is 18.9. The third kappa shape index (κ3) is 5.46. The molecule has 0 heterocycles. The highest BCUT2D eigenvalue weighted by Crippen LogP contribution is 2.30. The maximum absolute atomic E-state index is 11.6. The summed E-state index contributed by atoms with van der Waals surface area (Å²) >= 11 is 0. The lowest BCUT2D eigenvalue weighted by atomic mass is 10.0. The summed E-state index contributed by atoms with van der Waals surface area (Å²) in [5.41, 5.74) is 0. The average Bonchev–Trinajstić information content (AvgIpc) is 2.69. The van der Waals surface area contributed by atoms with E-state index in [1.165, 1.54) is 16.2 Å². The molecule has 0 radical (unpaired) electrons. The smallest absolute Gasteiger partial charge is 0.305 e. The number of benzene rings is 3. The van der Waals surface area contributed by atoms with Crippen molar-refractivity contribution in [3.05, 3.63) is 54.6 Å². The van der Waals surface area contributed by atoms with Crippen LogP contribution in [0, 0.1) is 0 Å². The standard InChI is InChI=1S/C24H28O3/c1-2-3-15-27-24(25)14-5-4-8-16-26-23-13-9-12-21-17-19-10-6-7-11-20(19)18-22(21)23/h6-7,9-13,17-18H,2-5,8,14-16H2,1H3. The van der Waals surface area contributed by atoms with E-state index in [4.69, 9.17) is 9.47 Å². The molecule has 3 rings (SSSR count). The lowest BCUT2D eigenvalue weighted by Gasteiger charge is -2.10. The zero-order valence-corrected chi connectivity index (χ0v) is 16.1. The van der Waals surface area contributed by atoms with E-state index in [9.17, 15) is 4.79 Å². The van der Waals surface area contributed by atoms with Crippen LogP contribution in [-0.2, 0) is 9.53 Å². The van der Waals surface area contributed by atoms with E-state index in [-0.39, 0.29) is 5.97 Å². The van der Waals surface area contributed by atoms with E-state index in [2.05, 4.69) is 49.4 Å². The Morgan fingerprint density at radius 1 is 0.815 bits per heavy atom. The molecule has 3 nitrogen and oxygen atoms in total. The van der Waals surface area contributed by atoms with Gasteiger partial charge in [-0.05, 0) is 60.0 Å². The first kappa shape index (κ1) is 19.2. The van der Waals surface area contributed by atoms with Crippen molar-refractivity contribution in [2.75, 3.05) is 13.2 Å². The molecule has 142 valence electrons. The summed E-state index contributed by atoms with van der Waals surface area (Å²) in [6.45, 7) is 3.30. The molecule has 3 heteroatoms. The van der Waals surface area contributed by atoms with Crippen LogP contribution in [0.4, 0.5) is 0 Å². The predicted molar refractivity (Wildman–Crippen MR) is 111 cm³/mol. The first-order valence-electron chi connectivity index (χ1n) is 9.98. The summed E-state index contributed by atoms with van der Waals surface area (Å²) in [5.74, 6) is 0.850. The van der Waals surface area contributed by atoms with Crippen LogP contribution in [0.2, 0.25) is 0 Å². The van der Waals surface area contributed by atoms with Crippen molar-refractivity contribution in [1.82, 2.24) is 0 Å². The van der Waals surface area contributed by atoms with Crippen molar-refractivity contribution < 1.29 is 14.3 Å². The minimum absolute atomic E-state index is 0.0784. The molecular weight excluding hydrogens is 336 g/mol. The van der Waals surface area contributed by atoms with E-state index in [0.717, 1.165) is 43.2 Å². The Morgan fingerprint density at radius 2 is 1.59 bits per heavy atom. The van der Waals surface area contributed by atoms with Crippen LogP contribution in [-0.4, -0.2) is 19.2 Å². The summed E-state index contributed by atoms with van der Waals surface area (Å²) in [6.07, 6.45) is 5.26. The highest BCUT2D eigenvalue weighted by atomic mass is 16.5. The topological polar surface area (TPSA) is 35.5 Å². The lowest BCUT2D eigenvalue weighted by Crippen LogP contribution is -2.05. The Kier molecular flexibility index (Phi) is 7.09. The van der Waals surface area contributed by atoms with Gasteiger partial charge in [0.25, 0.3) is 0 Å². The second kappa shape index (κ2) is 9.96. The summed E-state index contributed by atoms with van der Waals surface area (Å²) in [4.78, 5) is 11.6. The van der Waals surface area contributed by atoms with E-state index in [1.807, 2.05) is 12.1 Å². The zero-order valence-electron chi connectivity index (χ0n) is 16.1. The molecule has 0 N–H and O–H groups in total. The summed E-state index contributed by atoms with van der Waals surface area (Å²) in [5, 5.41) is 4.81. The van der Waals surface area contributed by atoms with Gasteiger partial charge in [0.15, 0.2) is 0 Å². The molecule has 0 atom stereocenters. The Hall–Kier alpha value is -2.55. The van der Waals surface area contributed by atoms with Crippen LogP contribution in [0.25, 0.3) is 21.5 Å². The quantitative estimate of drug-likeness (QED) is 0.241. The Morgan fingerprint density at radius 3 is 2.41 bits per heavy atom. The van der Waals surface area contributed by atoms with E-state index >= 15 is 0 Å². The Labute approximate surface area is 161 Å². The van der Waals surface area contributed by atoms with Gasteiger partial charge >= 0.3 is 5.97 Å². The van der Waals surface area contributed by atoms with Crippen molar-refractivity contribution in [1.29, 1.82) is 0 Å². The van der Waals surface area contributed by atoms with Crippen molar-refractivity contribution in [2.45, 2.75) is 45.4 Å². The summed E-state index contributed by atoms with van der Waals surface area (Å²) < 4.78 is 11.2. The van der Waals surface area contributed by atoms with Crippen LogP contribution < -0.4 is 4.74 Å². The fourth-order valence-corrected chi connectivity index (χ4v) is 3.20. The van der Waals surface area contributed by atoms with Gasteiger partial charge in [-0.1, -0.05) is 49.7 Å². The van der Waals surface area contributed by atoms with Gasteiger partial charge in [0, 0.05) is 11.8 Å². The number of hydrogen-bond acceptors (Lipinski definition) is 3. The van der Waals surface area contributed by atoms with Crippen molar-refractivity contribution >= 4 is 27.5 Å². The molecular formula is C24H28O3. The molecule has 0 bridgehead atoms. The monoisotopic (exact) mass is 364 g/mol. The van der Waals surface area contributed by atoms with Crippen LogP contribution >= 0.6 is 0 Å². The normalized spacial score (nSPS) is 11.0. The van der Waals surface area contributed by atoms with Gasteiger partial charge in [0.2, 0.25) is 0 Å². The first-order valence-corrected chi connectivity index (χ1v) is 9.98. The second-order valence-corrected chi connectivity index (χ2v) is 6.91. The van der Waals surface area contributed by atoms with Gasteiger partial charge < -0.3 is 9.47 Å². The molecule has 0 aliphatic heterocycles. The fourth-order valence-electron chi connectivity index (χ4n) is 3.20. The number of carbonyl (C=O) groups is 1. The molecule has 0 aliphatic carbocycles. The van der Waals surface area contributed by atoms with Gasteiger partial charge in [-0.2, -0.15) is 0 Å². The number of rotatable bonds is 10. The summed E-state index contributed by atoms with van der Waals surface area (Å²) in [7, 11) is 0. The molecule has 0 saturated carbocycles. The molecule has 0 aromatic heterocycles. The lowest BCUT2D eigenvalue weighted by molar-refractivity contribution is -0.143. The van der Waals surface area contributed by atoms with Crippen LogP contribution in [0.5, 0.6) is 5.75 Å². The SMILES string of the molecule is CCCCOC(=O)CCCCCOc1cccc2cc3ccccc3cc12. The molecule has 3 aromatic rings. The minimum Gasteiger partial charge on any atom is -0.493 e. The highest BCUT2D eigenvalue weighted by Gasteiger charge is 2.05. The molecule has 3 aromatic carbocycles. The number of unbranched alkanes of at least 4 members (excludes halogenated alkanes) is 3. The molecule has 0 aliphatic rings. The summed E-state index contributed by atoms with van der Waals surface area (Å²) in [6, 6.07) is 19.0. The van der Waals surface area contributed by atoms with Crippen LogP contribution in [0.1, 0.15) is 45.4 Å². The maximum atomic E-state index is 11.6. The van der Waals surface area contributed by atoms with E-state index < -0.39 is 0 Å². The van der Waals surface area contributed by atoms with Gasteiger partial charge in [-0.3, -0.25) is 4.79 Å². The fraction of sp³-hybridized carbons (Fsp3) is 0.375. The van der Waals surface area contributed by atoms with E-state index in [1.54, 1.807) is 0 Å². The molecule has 0 unspecified atom stereocenters. The highest BCUT2D eigenvalue weighted by molar-refractivity contribution is 6.00. The maximum Gasteiger partial charge on any atom is 0.305 e. The minimum atomic E-state index is -0.0784. The number of esters is 1. The third-order valence-corrected chi connectivity index (χ3v) is 4.75. The first-order chi connectivity index (χ1) is 13.3. The molecule has 0 spiro atoms.